The van der Waals surface area contributed by atoms with Gasteiger partial charge in [0.2, 0.25) is 0 Å². The largest absolute Gasteiger partial charge is 0.270 e. The summed E-state index contributed by atoms with van der Waals surface area (Å²) in [5, 5.41) is 0. The number of halogens is 4. The molecule has 0 spiro atoms. The van der Waals surface area contributed by atoms with Gasteiger partial charge in [-0.25, -0.2) is 17.6 Å². The zero-order valence-corrected chi connectivity index (χ0v) is 14.1. The lowest BCUT2D eigenvalue weighted by molar-refractivity contribution is 0.0316. The van der Waals surface area contributed by atoms with Crippen LogP contribution >= 0.6 is 0 Å². The van der Waals surface area contributed by atoms with Gasteiger partial charge in [0.15, 0.2) is 23.3 Å². The molecule has 1 heterocycles. The number of amides is 2. The summed E-state index contributed by atoms with van der Waals surface area (Å²) in [6.07, 6.45) is 2.26. The van der Waals surface area contributed by atoms with Crippen molar-refractivity contribution in [1.29, 1.82) is 0 Å². The third kappa shape index (κ3) is 1.67. The maximum Gasteiger partial charge on any atom is 0.265 e. The summed E-state index contributed by atoms with van der Waals surface area (Å²) in [4.78, 5) is 26.2. The molecule has 0 N–H and O–H groups in total. The lowest BCUT2D eigenvalue weighted by atomic mass is 9.69. The fourth-order valence-electron chi connectivity index (χ4n) is 5.20. The zero-order valence-electron chi connectivity index (χ0n) is 14.1. The van der Waals surface area contributed by atoms with Gasteiger partial charge in [0, 0.05) is 6.04 Å². The van der Waals surface area contributed by atoms with Gasteiger partial charge in [-0.15, -0.1) is 0 Å². The molecule has 3 atom stereocenters. The van der Waals surface area contributed by atoms with Gasteiger partial charge in [-0.1, -0.05) is 20.8 Å². The van der Waals surface area contributed by atoms with Gasteiger partial charge in [-0.3, -0.25) is 14.5 Å². The van der Waals surface area contributed by atoms with Crippen molar-refractivity contribution in [1.82, 2.24) is 4.90 Å². The minimum Gasteiger partial charge on any atom is -0.270 e. The standard InChI is InChI=1S/C18H17F4NO2/c1-17(2)7-4-5-18(17,3)8(6-7)23-15(24)9-10(16(23)25)12(20)14(22)13(21)11(9)19/h7-8H,4-6H2,1-3H3/t7-,8+,18+/m1/s1. The molecule has 2 amide bonds. The van der Waals surface area contributed by atoms with Gasteiger partial charge in [0.05, 0.1) is 11.1 Å². The van der Waals surface area contributed by atoms with E-state index in [1.54, 1.807) is 0 Å². The molecule has 4 rings (SSSR count). The Bertz CT molecular complexity index is 803. The summed E-state index contributed by atoms with van der Waals surface area (Å²) in [5.41, 5.74) is -2.55. The van der Waals surface area contributed by atoms with E-state index in [4.69, 9.17) is 0 Å². The Morgan fingerprint density at radius 1 is 0.880 bits per heavy atom. The summed E-state index contributed by atoms with van der Waals surface area (Å²) >= 11 is 0. The first-order chi connectivity index (χ1) is 11.5. The van der Waals surface area contributed by atoms with Gasteiger partial charge in [0.1, 0.15) is 0 Å². The van der Waals surface area contributed by atoms with Crippen LogP contribution in [-0.2, 0) is 0 Å². The van der Waals surface area contributed by atoms with E-state index >= 15 is 0 Å². The van der Waals surface area contributed by atoms with Crippen molar-refractivity contribution < 1.29 is 27.2 Å². The van der Waals surface area contributed by atoms with Crippen LogP contribution in [0.4, 0.5) is 17.6 Å². The van der Waals surface area contributed by atoms with Crippen molar-refractivity contribution >= 4 is 11.8 Å². The van der Waals surface area contributed by atoms with Crippen LogP contribution in [0.3, 0.4) is 0 Å². The molecule has 3 aliphatic rings. The highest BCUT2D eigenvalue weighted by atomic mass is 19.2. The minimum absolute atomic E-state index is 0.152. The predicted octanol–water partition coefficient (Wildman–Crippen LogP) is 4.05. The Hall–Kier alpha value is -1.92. The average Bonchev–Trinajstić information content (AvgIpc) is 3.02. The molecule has 0 saturated heterocycles. The molecular formula is C18H17F4NO2. The Kier molecular flexibility index (Phi) is 3.06. The molecule has 0 unspecified atom stereocenters. The van der Waals surface area contributed by atoms with Gasteiger partial charge >= 0.3 is 0 Å². The van der Waals surface area contributed by atoms with E-state index in [1.807, 2.05) is 6.92 Å². The summed E-state index contributed by atoms with van der Waals surface area (Å²) in [6.45, 7) is 6.08. The third-order valence-electron chi connectivity index (χ3n) is 7.19. The number of carbonyl (C=O) groups excluding carboxylic acids is 2. The smallest absolute Gasteiger partial charge is 0.265 e. The molecule has 1 aliphatic heterocycles. The van der Waals surface area contributed by atoms with Crippen molar-refractivity contribution in [3.63, 3.8) is 0 Å². The maximum absolute atomic E-state index is 14.1. The highest BCUT2D eigenvalue weighted by Gasteiger charge is 2.65. The average molecular weight is 355 g/mol. The van der Waals surface area contributed by atoms with Crippen molar-refractivity contribution in [2.24, 2.45) is 16.7 Å². The second-order valence-corrected chi connectivity index (χ2v) is 8.11. The number of imide groups is 1. The Morgan fingerprint density at radius 2 is 1.36 bits per heavy atom. The number of hydrogen-bond donors (Lipinski definition) is 0. The molecule has 7 heteroatoms. The molecule has 25 heavy (non-hydrogen) atoms. The molecule has 134 valence electrons. The monoisotopic (exact) mass is 355 g/mol. The summed E-state index contributed by atoms with van der Waals surface area (Å²) in [7, 11) is 0. The van der Waals surface area contributed by atoms with E-state index in [1.165, 1.54) is 0 Å². The number of benzene rings is 1. The number of carbonyl (C=O) groups is 2. The molecule has 2 bridgehead atoms. The van der Waals surface area contributed by atoms with E-state index in [9.17, 15) is 27.2 Å². The first-order valence-corrected chi connectivity index (χ1v) is 8.28. The van der Waals surface area contributed by atoms with Crippen molar-refractivity contribution in [3.8, 4) is 0 Å². The number of nitrogens with zero attached hydrogens (tertiary/aromatic N) is 1. The second kappa shape index (κ2) is 4.62. The molecule has 3 nitrogen and oxygen atoms in total. The van der Waals surface area contributed by atoms with Crippen LogP contribution in [-0.4, -0.2) is 22.8 Å². The lowest BCUT2D eigenvalue weighted by Crippen LogP contribution is -2.49. The van der Waals surface area contributed by atoms with Crippen molar-refractivity contribution in [2.75, 3.05) is 0 Å². The lowest BCUT2D eigenvalue weighted by Gasteiger charge is -2.42. The van der Waals surface area contributed by atoms with Crippen LogP contribution in [0.1, 0.15) is 60.7 Å². The van der Waals surface area contributed by atoms with Crippen LogP contribution in [0.5, 0.6) is 0 Å². The summed E-state index contributed by atoms with van der Waals surface area (Å²) in [6, 6.07) is -0.543. The first-order valence-electron chi connectivity index (χ1n) is 8.28. The van der Waals surface area contributed by atoms with Crippen molar-refractivity contribution in [3.05, 3.63) is 34.4 Å². The van der Waals surface area contributed by atoms with Gasteiger partial charge < -0.3 is 0 Å². The van der Waals surface area contributed by atoms with Gasteiger partial charge in [-0.2, -0.15) is 0 Å². The number of hydrogen-bond acceptors (Lipinski definition) is 2. The molecule has 2 saturated carbocycles. The topological polar surface area (TPSA) is 37.4 Å². The fourth-order valence-corrected chi connectivity index (χ4v) is 5.20. The molecule has 0 radical (unpaired) electrons. The van der Waals surface area contributed by atoms with E-state index in [-0.39, 0.29) is 11.3 Å². The van der Waals surface area contributed by atoms with Crippen molar-refractivity contribution in [2.45, 2.75) is 46.1 Å². The van der Waals surface area contributed by atoms with Crippen LogP contribution in [0.2, 0.25) is 0 Å². The highest BCUT2D eigenvalue weighted by molar-refractivity contribution is 6.22. The normalized spacial score (nSPS) is 32.7. The molecule has 2 aliphatic carbocycles. The Morgan fingerprint density at radius 3 is 1.72 bits per heavy atom. The van der Waals surface area contributed by atoms with Crippen LogP contribution < -0.4 is 0 Å². The minimum atomic E-state index is -2.07. The predicted molar refractivity (Wildman–Crippen MR) is 79.8 cm³/mol. The fraction of sp³-hybridized carbons (Fsp3) is 0.556. The molecule has 1 aromatic rings. The molecule has 2 fully saturated rings. The van der Waals surface area contributed by atoms with E-state index < -0.39 is 57.7 Å². The van der Waals surface area contributed by atoms with Crippen LogP contribution in [0.25, 0.3) is 0 Å². The van der Waals surface area contributed by atoms with E-state index in [0.29, 0.717) is 6.42 Å². The Labute approximate surface area is 142 Å². The zero-order chi connectivity index (χ0) is 18.5. The molecular weight excluding hydrogens is 338 g/mol. The first kappa shape index (κ1) is 16.5. The summed E-state index contributed by atoms with van der Waals surface area (Å²) < 4.78 is 55.2. The summed E-state index contributed by atoms with van der Waals surface area (Å²) in [5.74, 6) is -9.63. The van der Waals surface area contributed by atoms with E-state index in [0.717, 1.165) is 17.7 Å². The molecule has 0 aromatic heterocycles. The molecule has 1 aromatic carbocycles. The van der Waals surface area contributed by atoms with Crippen LogP contribution in [0.15, 0.2) is 0 Å². The highest BCUT2D eigenvalue weighted by Crippen LogP contribution is 2.67. The second-order valence-electron chi connectivity index (χ2n) is 8.11. The van der Waals surface area contributed by atoms with Gasteiger partial charge in [0.25, 0.3) is 11.8 Å². The SMILES string of the molecule is CC1(C)[C@@H]2CC[C@@]1(C)[C@@H](N1C(=O)c3c(F)c(F)c(F)c(F)c3C1=O)C2. The third-order valence-corrected chi connectivity index (χ3v) is 7.19. The Balaban J connectivity index is 1.86. The van der Waals surface area contributed by atoms with Crippen LogP contribution in [0, 0.1) is 40.0 Å². The number of fused-ring (bicyclic) bond motifs is 3. The maximum atomic E-state index is 14.1. The van der Waals surface area contributed by atoms with Gasteiger partial charge in [-0.05, 0) is 36.0 Å². The quantitative estimate of drug-likeness (QED) is 0.330. The number of rotatable bonds is 1. The van der Waals surface area contributed by atoms with E-state index in [2.05, 4.69) is 13.8 Å².